The first kappa shape index (κ1) is 42.0. The van der Waals surface area contributed by atoms with Gasteiger partial charge in [-0.25, -0.2) is 9.59 Å². The van der Waals surface area contributed by atoms with Crippen LogP contribution in [-0.4, -0.2) is 93.4 Å². The van der Waals surface area contributed by atoms with Gasteiger partial charge in [0.1, 0.15) is 11.1 Å². The van der Waals surface area contributed by atoms with Crippen LogP contribution < -0.4 is 38.0 Å². The quantitative estimate of drug-likeness (QED) is 0.0722. The molecule has 17 nitrogen and oxygen atoms in total. The van der Waals surface area contributed by atoms with Crippen LogP contribution in [0.1, 0.15) is 90.2 Å². The fourth-order valence-corrected chi connectivity index (χ4v) is 6.06. The van der Waals surface area contributed by atoms with Gasteiger partial charge in [-0.2, -0.15) is 15.4 Å². The van der Waals surface area contributed by atoms with Gasteiger partial charge in [-0.3, -0.25) is 23.9 Å². The molecule has 1 fully saturated rings. The lowest BCUT2D eigenvalue weighted by atomic mass is 9.93. The summed E-state index contributed by atoms with van der Waals surface area (Å²) in [6, 6.07) is 7.84. The molecule has 3 heterocycles. The highest BCUT2D eigenvalue weighted by molar-refractivity contribution is 5.82. The van der Waals surface area contributed by atoms with Crippen molar-refractivity contribution in [2.24, 2.45) is 11.7 Å². The van der Waals surface area contributed by atoms with Crippen molar-refractivity contribution in [2.75, 3.05) is 45.1 Å². The Kier molecular flexibility index (Phi) is 16.1. The van der Waals surface area contributed by atoms with Crippen molar-refractivity contribution in [3.8, 4) is 6.01 Å². The van der Waals surface area contributed by atoms with Crippen molar-refractivity contribution >= 4 is 34.9 Å². The Morgan fingerprint density at radius 1 is 1.00 bits per heavy atom. The number of nitrogen functional groups attached to an aromatic ring is 1. The summed E-state index contributed by atoms with van der Waals surface area (Å²) in [5.74, 6) is 0.185. The van der Waals surface area contributed by atoms with Crippen LogP contribution in [0, 0.1) is 5.92 Å². The number of nitrogens with one attached hydrogen (secondary N) is 4. The zero-order valence-electron chi connectivity index (χ0n) is 32.1. The second-order valence-corrected chi connectivity index (χ2v) is 14.8. The van der Waals surface area contributed by atoms with Crippen molar-refractivity contribution in [1.82, 2.24) is 40.5 Å². The van der Waals surface area contributed by atoms with Crippen LogP contribution in [0.15, 0.2) is 29.1 Å². The number of hydroxylamine groups is 1. The largest absolute Gasteiger partial charge is 0.463 e. The Labute approximate surface area is 316 Å². The van der Waals surface area contributed by atoms with Gasteiger partial charge in [0.05, 0.1) is 19.2 Å². The predicted molar refractivity (Wildman–Crippen MR) is 204 cm³/mol. The van der Waals surface area contributed by atoms with Gasteiger partial charge in [-0.15, -0.1) is 0 Å². The minimum absolute atomic E-state index is 0.158. The highest BCUT2D eigenvalue weighted by atomic mass is 16.7. The molecular weight excluding hydrogens is 696 g/mol. The zero-order chi connectivity index (χ0) is 39.1. The molecule has 1 saturated heterocycles. The number of benzene rings is 1. The van der Waals surface area contributed by atoms with E-state index in [0.29, 0.717) is 62.6 Å². The molecule has 3 amide bonds. The van der Waals surface area contributed by atoms with E-state index < -0.39 is 17.7 Å². The number of H-pyrrole nitrogens is 1. The number of carbonyl (C=O) groups excluding carboxylic acids is 3. The van der Waals surface area contributed by atoms with Crippen LogP contribution >= 0.6 is 0 Å². The fraction of sp³-hybridized carbons (Fsp3) is 0.622. The van der Waals surface area contributed by atoms with Crippen LogP contribution in [-0.2, 0) is 32.3 Å². The van der Waals surface area contributed by atoms with Gasteiger partial charge < -0.3 is 36.6 Å². The molecule has 3 aromatic rings. The van der Waals surface area contributed by atoms with Crippen LogP contribution in [0.25, 0.3) is 11.2 Å². The SMILES string of the molecule is CCCCOc1nc(N)c2[nH]c(=O)n(Cc3ccc(CN4CCC(CCNC(=O)[C@@H](N)CCCCNC(=O)CONC(=O)OC(C)(C)C)CC4)cc3)c2n1. The first-order valence-corrected chi connectivity index (χ1v) is 18.9. The summed E-state index contributed by atoms with van der Waals surface area (Å²) in [7, 11) is 0. The number of aromatic nitrogens is 4. The standard InChI is InChI=1S/C37H58N10O7/c1-5-6-21-52-34-43-31(39)30-32(44-34)47(35(50)42-30)23-27-12-10-26(11-13-27)22-46-19-15-25(16-20-46)14-18-41-33(49)28(38)9-7-8-17-40-29(48)24-53-45-36(51)54-37(2,3)4/h10-13,25,28H,5-9,14-24,38H2,1-4H3,(H,40,48)(H,41,49)(H,42,50)(H,45,51)(H2,39,43,44)/t28-/m0/s1. The number of aromatic amines is 1. The molecule has 0 spiro atoms. The van der Waals surface area contributed by atoms with Crippen LogP contribution in [0.2, 0.25) is 0 Å². The average Bonchev–Trinajstić information content (AvgIpc) is 3.43. The number of anilines is 1. The number of carbonyl (C=O) groups is 3. The van der Waals surface area contributed by atoms with E-state index in [2.05, 4.69) is 55.0 Å². The number of hydrogen-bond acceptors (Lipinski definition) is 12. The molecule has 298 valence electrons. The number of unbranched alkanes of at least 4 members (excludes halogenated alkanes) is 2. The molecule has 2 aromatic heterocycles. The average molecular weight is 755 g/mol. The normalized spacial score (nSPS) is 14.5. The van der Waals surface area contributed by atoms with Gasteiger partial charge in [-0.1, -0.05) is 37.6 Å². The number of hydrogen-bond donors (Lipinski definition) is 6. The molecule has 0 unspecified atom stereocenters. The summed E-state index contributed by atoms with van der Waals surface area (Å²) < 4.78 is 12.2. The highest BCUT2D eigenvalue weighted by Crippen LogP contribution is 2.23. The topological polar surface area (TPSA) is 234 Å². The molecule has 1 atom stereocenters. The van der Waals surface area contributed by atoms with Gasteiger partial charge in [0.2, 0.25) is 11.8 Å². The summed E-state index contributed by atoms with van der Waals surface area (Å²) in [5.41, 5.74) is 16.3. The lowest BCUT2D eigenvalue weighted by molar-refractivity contribution is -0.128. The third-order valence-corrected chi connectivity index (χ3v) is 9.05. The Hall–Kier alpha value is -4.74. The minimum Gasteiger partial charge on any atom is -0.463 e. The van der Waals surface area contributed by atoms with Crippen molar-refractivity contribution in [3.05, 3.63) is 45.9 Å². The molecule has 0 bridgehead atoms. The Bertz CT molecular complexity index is 1710. The lowest BCUT2D eigenvalue weighted by Crippen LogP contribution is -2.42. The molecule has 1 aromatic carbocycles. The number of nitrogens with zero attached hydrogens (tertiary/aromatic N) is 4. The van der Waals surface area contributed by atoms with E-state index in [0.717, 1.165) is 57.3 Å². The molecule has 17 heteroatoms. The van der Waals surface area contributed by atoms with E-state index in [1.165, 1.54) is 5.56 Å². The number of ether oxygens (including phenoxy) is 2. The number of fused-ring (bicyclic) bond motifs is 1. The molecule has 0 saturated carbocycles. The van der Waals surface area contributed by atoms with E-state index in [1.54, 1.807) is 25.3 Å². The Balaban J connectivity index is 1.08. The van der Waals surface area contributed by atoms with Gasteiger partial charge in [0.15, 0.2) is 18.1 Å². The summed E-state index contributed by atoms with van der Waals surface area (Å²) >= 11 is 0. The lowest BCUT2D eigenvalue weighted by Gasteiger charge is -2.32. The van der Waals surface area contributed by atoms with Gasteiger partial charge >= 0.3 is 17.8 Å². The maximum atomic E-state index is 12.8. The van der Waals surface area contributed by atoms with E-state index in [-0.39, 0.29) is 35.9 Å². The van der Waals surface area contributed by atoms with Gasteiger partial charge in [0.25, 0.3) is 0 Å². The van der Waals surface area contributed by atoms with Crippen molar-refractivity contribution in [1.29, 1.82) is 0 Å². The molecule has 8 N–H and O–H groups in total. The van der Waals surface area contributed by atoms with Crippen LogP contribution in [0.4, 0.5) is 10.6 Å². The number of imidazole rings is 1. The first-order valence-electron chi connectivity index (χ1n) is 18.9. The second-order valence-electron chi connectivity index (χ2n) is 14.8. The zero-order valence-corrected chi connectivity index (χ0v) is 32.1. The summed E-state index contributed by atoms with van der Waals surface area (Å²) in [6.07, 6.45) is 5.96. The minimum atomic E-state index is -0.768. The van der Waals surface area contributed by atoms with E-state index >= 15 is 0 Å². The Morgan fingerprint density at radius 2 is 1.70 bits per heavy atom. The smallest absolute Gasteiger partial charge is 0.431 e. The predicted octanol–water partition coefficient (Wildman–Crippen LogP) is 2.72. The first-order chi connectivity index (χ1) is 25.8. The molecule has 1 aliphatic heterocycles. The van der Waals surface area contributed by atoms with E-state index in [9.17, 15) is 19.2 Å². The molecular formula is C37H58N10O7. The number of nitrogens with two attached hydrogens (primary N) is 2. The molecule has 4 rings (SSSR count). The molecule has 0 radical (unpaired) electrons. The number of piperidine rings is 1. The third-order valence-electron chi connectivity index (χ3n) is 9.05. The number of rotatable bonds is 20. The molecule has 54 heavy (non-hydrogen) atoms. The maximum Gasteiger partial charge on any atom is 0.431 e. The summed E-state index contributed by atoms with van der Waals surface area (Å²) in [6.45, 7) is 11.5. The number of likely N-dealkylation sites (tertiary alicyclic amines) is 1. The van der Waals surface area contributed by atoms with E-state index in [1.807, 2.05) is 12.1 Å². The van der Waals surface area contributed by atoms with E-state index in [4.69, 9.17) is 25.8 Å². The van der Waals surface area contributed by atoms with Crippen LogP contribution in [0.3, 0.4) is 0 Å². The van der Waals surface area contributed by atoms with Crippen molar-refractivity contribution in [2.45, 2.75) is 104 Å². The van der Waals surface area contributed by atoms with Gasteiger partial charge in [-0.05, 0) is 95.9 Å². The fourth-order valence-electron chi connectivity index (χ4n) is 6.06. The highest BCUT2D eigenvalue weighted by Gasteiger charge is 2.21. The Morgan fingerprint density at radius 3 is 2.39 bits per heavy atom. The molecule has 0 aliphatic carbocycles. The second kappa shape index (κ2) is 20.6. The van der Waals surface area contributed by atoms with Crippen molar-refractivity contribution < 1.29 is 28.7 Å². The maximum absolute atomic E-state index is 12.8. The molecule has 1 aliphatic rings. The van der Waals surface area contributed by atoms with Crippen molar-refractivity contribution in [3.63, 3.8) is 0 Å². The monoisotopic (exact) mass is 754 g/mol. The summed E-state index contributed by atoms with van der Waals surface area (Å²) in [5, 5.41) is 5.68. The van der Waals surface area contributed by atoms with Gasteiger partial charge in [0, 0.05) is 19.6 Å². The van der Waals surface area contributed by atoms with Crippen LogP contribution in [0.5, 0.6) is 6.01 Å². The number of amides is 3. The third kappa shape index (κ3) is 13.9. The summed E-state index contributed by atoms with van der Waals surface area (Å²) in [4.78, 5) is 67.4.